The number of Topliss-reactive ketones (excluding diaryl/α,β-unsaturated/α-hetero) is 1. The van der Waals surface area contributed by atoms with Gasteiger partial charge in [0.05, 0.1) is 11.2 Å². The fraction of sp³-hybridized carbons (Fsp3) is 0.471. The molecule has 9 heteroatoms. The van der Waals surface area contributed by atoms with E-state index in [-0.39, 0.29) is 40.0 Å². The van der Waals surface area contributed by atoms with Crippen LogP contribution < -0.4 is 4.74 Å². The van der Waals surface area contributed by atoms with Crippen molar-refractivity contribution in [2.24, 2.45) is 5.41 Å². The van der Waals surface area contributed by atoms with Crippen LogP contribution in [-0.2, 0) is 0 Å². The maximum atomic E-state index is 12.7. The van der Waals surface area contributed by atoms with Gasteiger partial charge >= 0.3 is 6.18 Å². The molecule has 0 fully saturated rings. The van der Waals surface area contributed by atoms with Crippen LogP contribution >= 0.6 is 22.9 Å². The minimum absolute atomic E-state index is 0.0115. The van der Waals surface area contributed by atoms with Crippen LogP contribution in [0.3, 0.4) is 0 Å². The number of halogens is 4. The second kappa shape index (κ2) is 7.92. The monoisotopic (exact) mass is 406 g/mol. The van der Waals surface area contributed by atoms with Gasteiger partial charge < -0.3 is 4.74 Å². The number of thiazole rings is 1. The highest BCUT2D eigenvalue weighted by Gasteiger charge is 2.32. The molecule has 4 nitrogen and oxygen atoms in total. The zero-order valence-corrected chi connectivity index (χ0v) is 16.0. The molecule has 0 bridgehead atoms. The van der Waals surface area contributed by atoms with Crippen LogP contribution in [-0.4, -0.2) is 28.5 Å². The predicted molar refractivity (Wildman–Crippen MR) is 94.1 cm³/mol. The Morgan fingerprint density at radius 2 is 2.00 bits per heavy atom. The molecule has 2 heterocycles. The van der Waals surface area contributed by atoms with Crippen molar-refractivity contribution in [1.29, 1.82) is 0 Å². The molecule has 26 heavy (non-hydrogen) atoms. The molecule has 0 radical (unpaired) electrons. The first-order valence-electron chi connectivity index (χ1n) is 7.75. The van der Waals surface area contributed by atoms with E-state index >= 15 is 0 Å². The summed E-state index contributed by atoms with van der Waals surface area (Å²) in [4.78, 5) is 20.9. The molecule has 0 aliphatic rings. The van der Waals surface area contributed by atoms with Crippen molar-refractivity contribution in [1.82, 2.24) is 9.97 Å². The molecule has 0 aromatic carbocycles. The van der Waals surface area contributed by atoms with Crippen molar-refractivity contribution < 1.29 is 22.7 Å². The third kappa shape index (κ3) is 5.67. The van der Waals surface area contributed by atoms with Gasteiger partial charge in [-0.2, -0.15) is 13.2 Å². The number of rotatable bonds is 6. The van der Waals surface area contributed by atoms with Crippen LogP contribution in [0.4, 0.5) is 13.2 Å². The Hall–Kier alpha value is -1.67. The van der Waals surface area contributed by atoms with Crippen molar-refractivity contribution in [3.8, 4) is 5.75 Å². The van der Waals surface area contributed by atoms with Crippen LogP contribution in [0.1, 0.15) is 48.6 Å². The molecule has 2 aromatic rings. The predicted octanol–water partition coefficient (Wildman–Crippen LogP) is 5.54. The molecule has 0 saturated heterocycles. The Morgan fingerprint density at radius 1 is 1.31 bits per heavy atom. The number of ketones is 1. The topological polar surface area (TPSA) is 52.1 Å². The number of alkyl halides is 3. The van der Waals surface area contributed by atoms with Gasteiger partial charge in [-0.1, -0.05) is 32.4 Å². The second-order valence-corrected chi connectivity index (χ2v) is 8.15. The number of ether oxygens (including phenoxy) is 1. The molecule has 0 saturated carbocycles. The van der Waals surface area contributed by atoms with E-state index in [1.807, 2.05) is 26.2 Å². The Labute approximate surface area is 158 Å². The molecule has 0 aliphatic heterocycles. The number of carbonyl (C=O) groups excluding carboxylic acids is 1. The van der Waals surface area contributed by atoms with E-state index in [9.17, 15) is 18.0 Å². The third-order valence-corrected chi connectivity index (χ3v) is 4.85. The number of carbonyl (C=O) groups is 1. The summed E-state index contributed by atoms with van der Waals surface area (Å²) in [5.41, 5.74) is -0.215. The van der Waals surface area contributed by atoms with Gasteiger partial charge in [-0.05, 0) is 5.41 Å². The zero-order valence-electron chi connectivity index (χ0n) is 14.4. The normalized spacial score (nSPS) is 13.5. The summed E-state index contributed by atoms with van der Waals surface area (Å²) in [6, 6.07) is 1.15. The van der Waals surface area contributed by atoms with E-state index in [1.54, 1.807) is 6.20 Å². The number of hydrogen-bond acceptors (Lipinski definition) is 5. The van der Waals surface area contributed by atoms with E-state index < -0.39 is 12.8 Å². The average Bonchev–Trinajstić information content (AvgIpc) is 3.03. The van der Waals surface area contributed by atoms with Gasteiger partial charge in [-0.3, -0.25) is 9.78 Å². The summed E-state index contributed by atoms with van der Waals surface area (Å²) >= 11 is 7.27. The number of pyridine rings is 1. The fourth-order valence-corrected chi connectivity index (χ4v) is 3.45. The lowest BCUT2D eigenvalue weighted by Crippen LogP contribution is -2.22. The highest BCUT2D eigenvalue weighted by atomic mass is 35.5. The molecule has 142 valence electrons. The van der Waals surface area contributed by atoms with Crippen LogP contribution in [0.15, 0.2) is 23.8 Å². The van der Waals surface area contributed by atoms with E-state index in [1.165, 1.54) is 11.3 Å². The molecular formula is C17H18ClF3N2O2S. The second-order valence-electron chi connectivity index (χ2n) is 6.82. The summed E-state index contributed by atoms with van der Waals surface area (Å²) in [6.07, 6.45) is -1.58. The Morgan fingerprint density at radius 3 is 2.54 bits per heavy atom. The standard InChI is InChI=1S/C17H18ClF3N2O2S/c1-16(2,3)10(15-22-4-5-26-15)6-13(24)12-7-14(11(18)8-23-12)25-9-17(19,20)21/h4-5,7-8,10H,6,9H2,1-3H3. The zero-order chi connectivity index (χ0) is 19.5. The van der Waals surface area contributed by atoms with Gasteiger partial charge in [0.1, 0.15) is 16.5 Å². The Balaban J connectivity index is 2.20. The Kier molecular flexibility index (Phi) is 6.29. The molecule has 0 aliphatic carbocycles. The van der Waals surface area contributed by atoms with Gasteiger partial charge in [0.25, 0.3) is 0 Å². The van der Waals surface area contributed by atoms with Crippen LogP contribution in [0.25, 0.3) is 0 Å². The van der Waals surface area contributed by atoms with Crippen molar-refractivity contribution in [3.63, 3.8) is 0 Å². The first kappa shape index (κ1) is 20.6. The van der Waals surface area contributed by atoms with Gasteiger partial charge in [0.2, 0.25) is 0 Å². The van der Waals surface area contributed by atoms with Gasteiger partial charge in [-0.15, -0.1) is 11.3 Å². The van der Waals surface area contributed by atoms with E-state index in [2.05, 4.69) is 14.7 Å². The highest BCUT2D eigenvalue weighted by molar-refractivity contribution is 7.09. The fourth-order valence-electron chi connectivity index (χ4n) is 2.30. The summed E-state index contributed by atoms with van der Waals surface area (Å²) in [5, 5.41) is 2.58. The molecular weight excluding hydrogens is 389 g/mol. The molecule has 2 rings (SSSR count). The number of aromatic nitrogens is 2. The maximum Gasteiger partial charge on any atom is 0.422 e. The SMILES string of the molecule is CC(C)(C)C(CC(=O)c1cc(OCC(F)(F)F)c(Cl)cn1)c1nccs1. The summed E-state index contributed by atoms with van der Waals surface area (Å²) in [6.45, 7) is 4.51. The number of hydrogen-bond donors (Lipinski definition) is 0. The molecule has 2 aromatic heterocycles. The maximum absolute atomic E-state index is 12.7. The third-order valence-electron chi connectivity index (χ3n) is 3.68. The largest absolute Gasteiger partial charge is 0.482 e. The quantitative estimate of drug-likeness (QED) is 0.591. The molecule has 1 atom stereocenters. The summed E-state index contributed by atoms with van der Waals surface area (Å²) < 4.78 is 41.7. The van der Waals surface area contributed by atoms with Crippen molar-refractivity contribution in [2.45, 2.75) is 39.3 Å². The molecule has 1 unspecified atom stereocenters. The highest BCUT2D eigenvalue weighted by Crippen LogP contribution is 2.39. The number of nitrogens with zero attached hydrogens (tertiary/aromatic N) is 2. The van der Waals surface area contributed by atoms with Crippen LogP contribution in [0.2, 0.25) is 5.02 Å². The van der Waals surface area contributed by atoms with Gasteiger partial charge in [0, 0.05) is 30.0 Å². The van der Waals surface area contributed by atoms with Gasteiger partial charge in [0.15, 0.2) is 12.4 Å². The first-order chi connectivity index (χ1) is 12.0. The lowest BCUT2D eigenvalue weighted by molar-refractivity contribution is -0.153. The van der Waals surface area contributed by atoms with Crippen molar-refractivity contribution >= 4 is 28.7 Å². The molecule has 0 N–H and O–H groups in total. The first-order valence-corrected chi connectivity index (χ1v) is 9.01. The van der Waals surface area contributed by atoms with Crippen molar-refractivity contribution in [2.75, 3.05) is 6.61 Å². The lowest BCUT2D eigenvalue weighted by Gasteiger charge is -2.28. The lowest BCUT2D eigenvalue weighted by atomic mass is 9.78. The summed E-state index contributed by atoms with van der Waals surface area (Å²) in [7, 11) is 0. The minimum atomic E-state index is -4.50. The van der Waals surface area contributed by atoms with E-state index in [4.69, 9.17) is 11.6 Å². The van der Waals surface area contributed by atoms with Gasteiger partial charge in [-0.25, -0.2) is 4.98 Å². The molecule has 0 spiro atoms. The average molecular weight is 407 g/mol. The van der Waals surface area contributed by atoms with Crippen LogP contribution in [0, 0.1) is 5.41 Å². The van der Waals surface area contributed by atoms with Crippen molar-refractivity contribution in [3.05, 3.63) is 39.6 Å². The minimum Gasteiger partial charge on any atom is -0.482 e. The Bertz CT molecular complexity index is 758. The van der Waals surface area contributed by atoms with Crippen LogP contribution in [0.5, 0.6) is 5.75 Å². The molecule has 0 amide bonds. The van der Waals surface area contributed by atoms with E-state index in [0.717, 1.165) is 17.3 Å². The van der Waals surface area contributed by atoms with E-state index in [0.29, 0.717) is 0 Å². The summed E-state index contributed by atoms with van der Waals surface area (Å²) in [5.74, 6) is -0.676. The smallest absolute Gasteiger partial charge is 0.422 e.